The van der Waals surface area contributed by atoms with Crippen molar-refractivity contribution in [2.75, 3.05) is 0 Å². The first-order chi connectivity index (χ1) is 13.6. The number of nitro groups is 1. The van der Waals surface area contributed by atoms with Gasteiger partial charge in [0.25, 0.3) is 5.69 Å². The SMILES string of the molecule is O=[N+]([O-])c1ccc(Br)cc1-c1cccc2c1ccc1c3ccccc3ccc21. The highest BCUT2D eigenvalue weighted by Gasteiger charge is 2.18. The van der Waals surface area contributed by atoms with Crippen LogP contribution in [-0.2, 0) is 0 Å². The summed E-state index contributed by atoms with van der Waals surface area (Å²) in [7, 11) is 0. The summed E-state index contributed by atoms with van der Waals surface area (Å²) in [5.74, 6) is 0. The van der Waals surface area contributed by atoms with Crippen LogP contribution in [0.1, 0.15) is 0 Å². The highest BCUT2D eigenvalue weighted by molar-refractivity contribution is 9.10. The number of fused-ring (bicyclic) bond motifs is 5. The smallest absolute Gasteiger partial charge is 0.258 e. The average Bonchev–Trinajstić information content (AvgIpc) is 2.72. The molecular formula is C24H14BrNO2. The Hall–Kier alpha value is -3.24. The van der Waals surface area contributed by atoms with E-state index < -0.39 is 0 Å². The van der Waals surface area contributed by atoms with Gasteiger partial charge in [-0.3, -0.25) is 10.1 Å². The van der Waals surface area contributed by atoms with E-state index >= 15 is 0 Å². The number of nitrogens with zero attached hydrogens (tertiary/aromatic N) is 1. The van der Waals surface area contributed by atoms with Crippen LogP contribution in [0.5, 0.6) is 0 Å². The highest BCUT2D eigenvalue weighted by atomic mass is 79.9. The quantitative estimate of drug-likeness (QED) is 0.166. The predicted molar refractivity (Wildman–Crippen MR) is 119 cm³/mol. The van der Waals surface area contributed by atoms with Crippen LogP contribution >= 0.6 is 15.9 Å². The van der Waals surface area contributed by atoms with Crippen LogP contribution in [0.15, 0.2) is 89.4 Å². The second-order valence-electron chi connectivity index (χ2n) is 6.77. The molecule has 0 atom stereocenters. The third-order valence-corrected chi connectivity index (χ3v) is 5.72. The molecule has 0 radical (unpaired) electrons. The van der Waals surface area contributed by atoms with Gasteiger partial charge in [-0.1, -0.05) is 82.7 Å². The first-order valence-corrected chi connectivity index (χ1v) is 9.70. The fraction of sp³-hybridized carbons (Fsp3) is 0. The van der Waals surface area contributed by atoms with Crippen molar-refractivity contribution in [2.24, 2.45) is 0 Å². The minimum absolute atomic E-state index is 0.106. The lowest BCUT2D eigenvalue weighted by molar-refractivity contribution is -0.384. The summed E-state index contributed by atoms with van der Waals surface area (Å²) in [6.07, 6.45) is 0. The van der Waals surface area contributed by atoms with Gasteiger partial charge in [-0.05, 0) is 50.0 Å². The molecule has 0 heterocycles. The Kier molecular flexibility index (Phi) is 3.88. The molecule has 5 aromatic carbocycles. The predicted octanol–water partition coefficient (Wildman–Crippen LogP) is 7.48. The van der Waals surface area contributed by atoms with Crippen LogP contribution < -0.4 is 0 Å². The lowest BCUT2D eigenvalue weighted by atomic mass is 9.92. The summed E-state index contributed by atoms with van der Waals surface area (Å²) < 4.78 is 0.817. The van der Waals surface area contributed by atoms with Gasteiger partial charge in [-0.2, -0.15) is 0 Å². The van der Waals surface area contributed by atoms with Crippen molar-refractivity contribution in [2.45, 2.75) is 0 Å². The molecular weight excluding hydrogens is 414 g/mol. The average molecular weight is 428 g/mol. The topological polar surface area (TPSA) is 43.1 Å². The van der Waals surface area contributed by atoms with Crippen LogP contribution in [0.25, 0.3) is 43.4 Å². The maximum atomic E-state index is 11.6. The Balaban J connectivity index is 1.88. The van der Waals surface area contributed by atoms with E-state index in [0.717, 1.165) is 26.2 Å². The third kappa shape index (κ3) is 2.57. The number of benzene rings is 5. The lowest BCUT2D eigenvalue weighted by Gasteiger charge is -2.12. The van der Waals surface area contributed by atoms with Crippen molar-refractivity contribution < 1.29 is 4.92 Å². The molecule has 0 amide bonds. The summed E-state index contributed by atoms with van der Waals surface area (Å²) in [5, 5.41) is 18.4. The molecule has 28 heavy (non-hydrogen) atoms. The molecule has 134 valence electrons. The molecule has 0 aliphatic carbocycles. The fourth-order valence-electron chi connectivity index (χ4n) is 3.97. The monoisotopic (exact) mass is 427 g/mol. The van der Waals surface area contributed by atoms with Crippen LogP contribution in [0.4, 0.5) is 5.69 Å². The van der Waals surface area contributed by atoms with Crippen molar-refractivity contribution in [1.82, 2.24) is 0 Å². The molecule has 5 aromatic rings. The van der Waals surface area contributed by atoms with E-state index in [1.54, 1.807) is 12.1 Å². The molecule has 4 heteroatoms. The van der Waals surface area contributed by atoms with Gasteiger partial charge in [0, 0.05) is 10.5 Å². The van der Waals surface area contributed by atoms with E-state index in [1.165, 1.54) is 16.2 Å². The second-order valence-corrected chi connectivity index (χ2v) is 7.68. The molecule has 0 saturated heterocycles. The van der Waals surface area contributed by atoms with E-state index in [1.807, 2.05) is 30.3 Å². The van der Waals surface area contributed by atoms with Crippen molar-refractivity contribution >= 4 is 53.9 Å². The van der Waals surface area contributed by atoms with Crippen molar-refractivity contribution in [3.8, 4) is 11.1 Å². The highest BCUT2D eigenvalue weighted by Crippen LogP contribution is 2.39. The Morgan fingerprint density at radius 2 is 1.32 bits per heavy atom. The molecule has 0 unspecified atom stereocenters. The van der Waals surface area contributed by atoms with E-state index in [9.17, 15) is 10.1 Å². The van der Waals surface area contributed by atoms with Crippen LogP contribution in [0.2, 0.25) is 0 Å². The summed E-state index contributed by atoms with van der Waals surface area (Å²) in [5.41, 5.74) is 1.58. The van der Waals surface area contributed by atoms with Gasteiger partial charge >= 0.3 is 0 Å². The van der Waals surface area contributed by atoms with E-state index in [0.29, 0.717) is 5.56 Å². The van der Waals surface area contributed by atoms with Crippen molar-refractivity contribution in [1.29, 1.82) is 0 Å². The fourth-order valence-corrected chi connectivity index (χ4v) is 4.34. The molecule has 0 spiro atoms. The van der Waals surface area contributed by atoms with E-state index in [4.69, 9.17) is 0 Å². The Morgan fingerprint density at radius 3 is 2.18 bits per heavy atom. The molecule has 0 fully saturated rings. The number of rotatable bonds is 2. The van der Waals surface area contributed by atoms with Gasteiger partial charge in [0.2, 0.25) is 0 Å². The first kappa shape index (κ1) is 16.9. The van der Waals surface area contributed by atoms with Gasteiger partial charge in [-0.25, -0.2) is 0 Å². The molecule has 5 rings (SSSR count). The Labute approximate surface area is 169 Å². The first-order valence-electron chi connectivity index (χ1n) is 8.91. The molecule has 0 bridgehead atoms. The normalized spacial score (nSPS) is 11.3. The molecule has 0 aliphatic heterocycles. The molecule has 3 nitrogen and oxygen atoms in total. The van der Waals surface area contributed by atoms with Crippen LogP contribution in [-0.4, -0.2) is 4.92 Å². The van der Waals surface area contributed by atoms with Crippen molar-refractivity contribution in [3.63, 3.8) is 0 Å². The summed E-state index contributed by atoms with van der Waals surface area (Å²) in [6.45, 7) is 0. The molecule has 0 aromatic heterocycles. The number of hydrogen-bond acceptors (Lipinski definition) is 2. The van der Waals surface area contributed by atoms with Crippen LogP contribution in [0.3, 0.4) is 0 Å². The summed E-state index contributed by atoms with van der Waals surface area (Å²) in [6, 6.07) is 27.9. The number of halogens is 1. The summed E-state index contributed by atoms with van der Waals surface area (Å²) in [4.78, 5) is 11.3. The zero-order chi connectivity index (χ0) is 19.3. The lowest BCUT2D eigenvalue weighted by Crippen LogP contribution is -1.93. The number of nitro benzene ring substituents is 1. The maximum Gasteiger partial charge on any atom is 0.277 e. The zero-order valence-electron chi connectivity index (χ0n) is 14.7. The largest absolute Gasteiger partial charge is 0.277 e. The van der Waals surface area contributed by atoms with Gasteiger partial charge in [-0.15, -0.1) is 0 Å². The van der Waals surface area contributed by atoms with E-state index in [-0.39, 0.29) is 10.6 Å². The third-order valence-electron chi connectivity index (χ3n) is 5.23. The maximum absolute atomic E-state index is 11.6. The van der Waals surface area contributed by atoms with Gasteiger partial charge in [0.1, 0.15) is 0 Å². The van der Waals surface area contributed by atoms with Gasteiger partial charge < -0.3 is 0 Å². The Morgan fingerprint density at radius 1 is 0.643 bits per heavy atom. The standard InChI is InChI=1S/C24H14BrNO2/c25-16-9-13-24(26(27)28)23(14-16)19-7-3-6-18-21-10-8-15-4-1-2-5-17(15)20(21)11-12-22(18)19/h1-14H. The summed E-state index contributed by atoms with van der Waals surface area (Å²) >= 11 is 3.45. The van der Waals surface area contributed by atoms with Gasteiger partial charge in [0.15, 0.2) is 0 Å². The van der Waals surface area contributed by atoms with Gasteiger partial charge in [0.05, 0.1) is 10.5 Å². The molecule has 0 saturated carbocycles. The zero-order valence-corrected chi connectivity index (χ0v) is 16.3. The minimum atomic E-state index is -0.324. The van der Waals surface area contributed by atoms with Crippen LogP contribution in [0, 0.1) is 10.1 Å². The minimum Gasteiger partial charge on any atom is -0.258 e. The molecule has 0 N–H and O–H groups in total. The Bertz CT molecular complexity index is 1410. The number of hydrogen-bond donors (Lipinski definition) is 0. The molecule has 0 aliphatic rings. The second kappa shape index (κ2) is 6.43. The van der Waals surface area contributed by atoms with E-state index in [2.05, 4.69) is 58.4 Å². The van der Waals surface area contributed by atoms with Crippen molar-refractivity contribution in [3.05, 3.63) is 99.5 Å².